The first-order valence-electron chi connectivity index (χ1n) is 15.8. The number of aromatic nitrogens is 2. The lowest BCUT2D eigenvalue weighted by Crippen LogP contribution is -2.24. The first-order chi connectivity index (χ1) is 21.4. The van der Waals surface area contributed by atoms with Crippen molar-refractivity contribution >= 4 is 38.9 Å². The smallest absolute Gasteiger partial charge is 0.137 e. The molecule has 3 heterocycles. The zero-order valence-corrected chi connectivity index (χ0v) is 24.6. The molecule has 0 fully saturated rings. The van der Waals surface area contributed by atoms with Gasteiger partial charge in [0.05, 0.1) is 29.1 Å². The molecule has 2 aromatic heterocycles. The number of para-hydroxylation sites is 1. The summed E-state index contributed by atoms with van der Waals surface area (Å²) in [6.07, 6.45) is 1.81. The molecule has 6 aromatic rings. The molecule has 5 heteroatoms. The molecule has 1 aliphatic heterocycles. The fraction of sp³-hybridized carbons (Fsp3) is 0.216. The third-order valence-corrected chi connectivity index (χ3v) is 8.28. The Bertz CT molecular complexity index is 2080. The van der Waals surface area contributed by atoms with Gasteiger partial charge in [0.15, 0.2) is 0 Å². The van der Waals surface area contributed by atoms with Crippen molar-refractivity contribution in [3.8, 4) is 17.3 Å². The van der Waals surface area contributed by atoms with Crippen LogP contribution in [-0.2, 0) is 5.41 Å². The summed E-state index contributed by atoms with van der Waals surface area (Å²) in [6.45, 7) is 8.55. The van der Waals surface area contributed by atoms with Crippen molar-refractivity contribution in [1.29, 1.82) is 0 Å². The Balaban J connectivity index is 1.35. The normalized spacial score (nSPS) is 14.6. The molecule has 0 saturated heterocycles. The molecule has 5 nitrogen and oxygen atoms in total. The van der Waals surface area contributed by atoms with E-state index in [0.29, 0.717) is 11.5 Å². The molecule has 42 heavy (non-hydrogen) atoms. The largest absolute Gasteiger partial charge is 0.457 e. The molecule has 4 aromatic carbocycles. The number of hydrogen-bond acceptors (Lipinski definition) is 4. The monoisotopic (exact) mass is 555 g/mol. The summed E-state index contributed by atoms with van der Waals surface area (Å²) < 4.78 is 33.6. The molecule has 0 atom stereocenters. The van der Waals surface area contributed by atoms with Crippen molar-refractivity contribution in [1.82, 2.24) is 9.55 Å². The number of nitrogens with zero attached hydrogens (tertiary/aromatic N) is 4. The molecule has 210 valence electrons. The van der Waals surface area contributed by atoms with Gasteiger partial charge in [0.2, 0.25) is 0 Å². The molecule has 0 aliphatic carbocycles. The van der Waals surface area contributed by atoms with Crippen LogP contribution in [0.25, 0.3) is 27.6 Å². The first-order valence-corrected chi connectivity index (χ1v) is 14.3. The van der Waals surface area contributed by atoms with Gasteiger partial charge in [-0.3, -0.25) is 4.57 Å². The van der Waals surface area contributed by atoms with Crippen LogP contribution in [-0.4, -0.2) is 23.2 Å². The molecule has 0 radical (unpaired) electrons. The fourth-order valence-corrected chi connectivity index (χ4v) is 5.85. The Morgan fingerprint density at radius 3 is 2.29 bits per heavy atom. The second-order valence-electron chi connectivity index (χ2n) is 12.2. The lowest BCUT2D eigenvalue weighted by atomic mass is 9.86. The van der Waals surface area contributed by atoms with Gasteiger partial charge in [-0.05, 0) is 90.6 Å². The van der Waals surface area contributed by atoms with Crippen LogP contribution in [0.3, 0.4) is 0 Å². The molecular weight excluding hydrogens is 516 g/mol. The van der Waals surface area contributed by atoms with E-state index in [9.17, 15) is 0 Å². The number of hydrogen-bond donors (Lipinski definition) is 0. The standard InChI is InChI=1S/C37H36N4O/c1-24-17-34-35(18-25(24)2)40(23-39(34)6)27-19-26(37(3,4)5)20-29(21-27)42-28-14-15-31-30-11-7-8-12-32(30)41(33(31)22-28)36-13-9-10-16-38-36/h7-22H,23H2,1-6H3/i6D3. The lowest BCUT2D eigenvalue weighted by molar-refractivity contribution is 0.479. The molecule has 0 N–H and O–H groups in total. The van der Waals surface area contributed by atoms with Crippen molar-refractivity contribution in [2.75, 3.05) is 23.4 Å². The summed E-state index contributed by atoms with van der Waals surface area (Å²) in [4.78, 5) is 8.24. The van der Waals surface area contributed by atoms with Crippen LogP contribution in [0, 0.1) is 13.8 Å². The minimum Gasteiger partial charge on any atom is -0.457 e. The van der Waals surface area contributed by atoms with E-state index in [2.05, 4.69) is 90.7 Å². The van der Waals surface area contributed by atoms with E-state index in [1.165, 1.54) is 4.90 Å². The second kappa shape index (κ2) is 9.66. The van der Waals surface area contributed by atoms with Crippen LogP contribution in [0.1, 0.15) is 41.6 Å². The number of anilines is 3. The highest BCUT2D eigenvalue weighted by Gasteiger charge is 2.27. The number of aryl methyl sites for hydroxylation is 2. The summed E-state index contributed by atoms with van der Waals surface area (Å²) in [5, 5.41) is 2.27. The maximum absolute atomic E-state index is 8.26. The molecule has 1 aliphatic rings. The third-order valence-electron chi connectivity index (χ3n) is 8.28. The maximum Gasteiger partial charge on any atom is 0.137 e. The molecule has 7 rings (SSSR count). The van der Waals surface area contributed by atoms with E-state index in [0.717, 1.165) is 61.4 Å². The minimum atomic E-state index is -2.27. The van der Waals surface area contributed by atoms with Crippen molar-refractivity contribution in [3.63, 3.8) is 0 Å². The number of benzene rings is 4. The summed E-state index contributed by atoms with van der Waals surface area (Å²) in [6, 6.07) is 30.8. The highest BCUT2D eigenvalue weighted by Crippen LogP contribution is 2.44. The first kappa shape index (κ1) is 22.9. The van der Waals surface area contributed by atoms with Crippen LogP contribution in [0.2, 0.25) is 0 Å². The molecule has 0 saturated carbocycles. The van der Waals surface area contributed by atoms with Crippen LogP contribution >= 0.6 is 0 Å². The van der Waals surface area contributed by atoms with Gasteiger partial charge in [-0.2, -0.15) is 0 Å². The Morgan fingerprint density at radius 1 is 0.762 bits per heavy atom. The van der Waals surface area contributed by atoms with Crippen LogP contribution in [0.4, 0.5) is 17.1 Å². The zero-order chi connectivity index (χ0) is 31.7. The van der Waals surface area contributed by atoms with E-state index >= 15 is 0 Å². The number of ether oxygens (including phenoxy) is 1. The molecule has 0 bridgehead atoms. The zero-order valence-electron chi connectivity index (χ0n) is 27.6. The van der Waals surface area contributed by atoms with Gasteiger partial charge < -0.3 is 14.5 Å². The van der Waals surface area contributed by atoms with E-state index < -0.39 is 6.98 Å². The van der Waals surface area contributed by atoms with Gasteiger partial charge in [-0.1, -0.05) is 45.0 Å². The molecule has 0 amide bonds. The summed E-state index contributed by atoms with van der Waals surface area (Å²) >= 11 is 0. The van der Waals surface area contributed by atoms with E-state index in [-0.39, 0.29) is 12.1 Å². The molecular formula is C37H36N4O. The number of fused-ring (bicyclic) bond motifs is 4. The van der Waals surface area contributed by atoms with Gasteiger partial charge in [0.25, 0.3) is 0 Å². The molecule has 0 unspecified atom stereocenters. The van der Waals surface area contributed by atoms with Crippen LogP contribution in [0.15, 0.2) is 97.2 Å². The molecule has 0 spiro atoms. The summed E-state index contributed by atoms with van der Waals surface area (Å²) in [7, 11) is 0. The number of pyridine rings is 1. The van der Waals surface area contributed by atoms with Crippen LogP contribution in [0.5, 0.6) is 11.5 Å². The highest BCUT2D eigenvalue weighted by molar-refractivity contribution is 6.09. The predicted molar refractivity (Wildman–Crippen MR) is 175 cm³/mol. The van der Waals surface area contributed by atoms with Crippen molar-refractivity contribution < 1.29 is 8.85 Å². The predicted octanol–water partition coefficient (Wildman–Crippen LogP) is 9.43. The second-order valence-corrected chi connectivity index (χ2v) is 12.2. The van der Waals surface area contributed by atoms with Gasteiger partial charge in [-0.15, -0.1) is 0 Å². The number of rotatable bonds is 4. The van der Waals surface area contributed by atoms with Crippen molar-refractivity contribution in [3.05, 3.63) is 114 Å². The summed E-state index contributed by atoms with van der Waals surface area (Å²) in [5.74, 6) is 2.24. The topological polar surface area (TPSA) is 33.5 Å². The Hall–Kier alpha value is -4.77. The Labute approximate surface area is 251 Å². The van der Waals surface area contributed by atoms with E-state index in [4.69, 9.17) is 8.85 Å². The maximum atomic E-state index is 8.26. The summed E-state index contributed by atoms with van der Waals surface area (Å²) in [5.41, 5.74) is 7.68. The quantitative estimate of drug-likeness (QED) is 0.217. The minimum absolute atomic E-state index is 0.168. The van der Waals surface area contributed by atoms with Crippen molar-refractivity contribution in [2.24, 2.45) is 0 Å². The van der Waals surface area contributed by atoms with Gasteiger partial charge in [0.1, 0.15) is 17.3 Å². The van der Waals surface area contributed by atoms with Gasteiger partial charge in [-0.25, -0.2) is 4.98 Å². The Kier molecular flexibility index (Phi) is 5.26. The highest BCUT2D eigenvalue weighted by atomic mass is 16.5. The third kappa shape index (κ3) is 4.37. The van der Waals surface area contributed by atoms with Gasteiger partial charge >= 0.3 is 0 Å². The van der Waals surface area contributed by atoms with Crippen LogP contribution < -0.4 is 14.5 Å². The average Bonchev–Trinajstić information content (AvgIpc) is 3.53. The SMILES string of the molecule is [2H]C([2H])([2H])N1CN(c2cc(Oc3ccc4c5ccccc5n(-c5ccccn5)c4c3)cc(C(C)(C)C)c2)c2cc(C)c(C)cc21. The van der Waals surface area contributed by atoms with Crippen molar-refractivity contribution in [2.45, 2.75) is 40.0 Å². The fourth-order valence-electron chi connectivity index (χ4n) is 5.85. The van der Waals surface area contributed by atoms with E-state index in [1.807, 2.05) is 55.6 Å². The average molecular weight is 556 g/mol. The van der Waals surface area contributed by atoms with Gasteiger partial charge in [0, 0.05) is 45.9 Å². The van der Waals surface area contributed by atoms with E-state index in [1.54, 1.807) is 0 Å². The Morgan fingerprint density at radius 2 is 1.52 bits per heavy atom. The lowest BCUT2D eigenvalue weighted by Gasteiger charge is -2.26.